The van der Waals surface area contributed by atoms with Crippen LogP contribution in [0.5, 0.6) is 0 Å². The number of hydrogen-bond donors (Lipinski definition) is 0. The van der Waals surface area contributed by atoms with Crippen LogP contribution in [0.25, 0.3) is 111 Å². The highest BCUT2D eigenvalue weighted by Gasteiger charge is 2.37. The zero-order valence-corrected chi connectivity index (χ0v) is 43.8. The van der Waals surface area contributed by atoms with Crippen LogP contribution in [0.4, 0.5) is 13.2 Å². The van der Waals surface area contributed by atoms with Crippen molar-refractivity contribution in [3.05, 3.63) is 238 Å². The van der Waals surface area contributed by atoms with Crippen molar-refractivity contribution in [3.8, 4) is 73.1 Å². The van der Waals surface area contributed by atoms with Gasteiger partial charge in [0.1, 0.15) is 0 Å². The summed E-state index contributed by atoms with van der Waals surface area (Å²) in [5.41, 5.74) is 21.3. The molecule has 0 saturated heterocycles. The zero-order valence-electron chi connectivity index (χ0n) is 43.8. The van der Waals surface area contributed by atoms with Crippen LogP contribution in [0.2, 0.25) is 0 Å². The second-order valence-electron chi connectivity index (χ2n) is 21.1. The summed E-state index contributed by atoms with van der Waals surface area (Å²) in [4.78, 5) is 0. The minimum Gasteiger partial charge on any atom is -0.309 e. The smallest absolute Gasteiger partial charge is 0.309 e. The lowest BCUT2D eigenvalue weighted by Gasteiger charge is -2.22. The molecular weight excluding hydrogens is 940 g/mol. The normalized spacial score (nSPS) is 11.9. The fourth-order valence-electron chi connectivity index (χ4n) is 12.1. The number of benzene rings is 10. The third-order valence-electron chi connectivity index (χ3n) is 15.0. The molecule has 76 heavy (non-hydrogen) atoms. The van der Waals surface area contributed by atoms with Crippen molar-refractivity contribution in [3.63, 3.8) is 0 Å². The van der Waals surface area contributed by atoms with Crippen LogP contribution in [0.15, 0.2) is 182 Å². The van der Waals surface area contributed by atoms with Crippen molar-refractivity contribution in [1.29, 1.82) is 5.26 Å². The van der Waals surface area contributed by atoms with Gasteiger partial charge in [0.2, 0.25) is 0 Å². The van der Waals surface area contributed by atoms with Gasteiger partial charge in [0.15, 0.2) is 0 Å². The Morgan fingerprint density at radius 2 is 0.671 bits per heavy atom. The van der Waals surface area contributed by atoms with Gasteiger partial charge in [-0.1, -0.05) is 148 Å². The van der Waals surface area contributed by atoms with Gasteiger partial charge in [0, 0.05) is 32.7 Å². The topological polar surface area (TPSA) is 33.6 Å². The zero-order chi connectivity index (χ0) is 52.9. The predicted octanol–water partition coefficient (Wildman–Crippen LogP) is 19.6. The lowest BCUT2D eigenvalue weighted by molar-refractivity contribution is -0.137. The number of fused-ring (bicyclic) bond motifs is 6. The van der Waals surface area contributed by atoms with E-state index in [9.17, 15) is 5.26 Å². The van der Waals surface area contributed by atoms with Crippen LogP contribution in [0.3, 0.4) is 0 Å². The first-order valence-corrected chi connectivity index (χ1v) is 25.7. The number of aromatic nitrogens is 2. The molecule has 2 heterocycles. The molecular formula is C70H54F3N3. The van der Waals surface area contributed by atoms with E-state index >= 15 is 13.2 Å². The largest absolute Gasteiger partial charge is 0.417 e. The third-order valence-corrected chi connectivity index (χ3v) is 15.0. The first kappa shape index (κ1) is 48.0. The number of nitrogens with zero attached hydrogens (tertiary/aromatic N) is 3. The molecule has 3 nitrogen and oxygen atoms in total. The first-order chi connectivity index (χ1) is 36.5. The van der Waals surface area contributed by atoms with E-state index in [-0.39, 0.29) is 16.7 Å². The van der Waals surface area contributed by atoms with Gasteiger partial charge in [-0.2, -0.15) is 18.4 Å². The molecule has 370 valence electrons. The maximum absolute atomic E-state index is 16.2. The molecule has 0 aliphatic heterocycles. The molecule has 0 unspecified atom stereocenters. The van der Waals surface area contributed by atoms with E-state index in [1.165, 1.54) is 12.1 Å². The Bertz CT molecular complexity index is 4140. The van der Waals surface area contributed by atoms with Gasteiger partial charge < -0.3 is 9.13 Å². The second kappa shape index (κ2) is 18.2. The van der Waals surface area contributed by atoms with E-state index in [0.717, 1.165) is 133 Å². The van der Waals surface area contributed by atoms with Gasteiger partial charge in [-0.15, -0.1) is 0 Å². The van der Waals surface area contributed by atoms with Crippen LogP contribution < -0.4 is 0 Å². The Balaban J connectivity index is 1.17. The molecule has 0 saturated carbocycles. The average molecular weight is 994 g/mol. The van der Waals surface area contributed by atoms with Gasteiger partial charge in [0.05, 0.1) is 50.6 Å². The Morgan fingerprint density at radius 3 is 0.987 bits per heavy atom. The highest BCUT2D eigenvalue weighted by molar-refractivity contribution is 6.14. The Kier molecular flexibility index (Phi) is 11.5. The summed E-state index contributed by atoms with van der Waals surface area (Å²) in [6.45, 7) is 16.8. The number of halogens is 3. The monoisotopic (exact) mass is 993 g/mol. The van der Waals surface area contributed by atoms with Gasteiger partial charge >= 0.3 is 6.18 Å². The van der Waals surface area contributed by atoms with Crippen molar-refractivity contribution in [1.82, 2.24) is 9.13 Å². The van der Waals surface area contributed by atoms with Crippen LogP contribution in [0, 0.1) is 66.7 Å². The third kappa shape index (κ3) is 8.43. The summed E-state index contributed by atoms with van der Waals surface area (Å²) >= 11 is 0. The number of aryl methyl sites for hydroxylation is 8. The Hall–Kier alpha value is -8.92. The quantitative estimate of drug-likeness (QED) is 0.157. The van der Waals surface area contributed by atoms with E-state index in [2.05, 4.69) is 199 Å². The number of nitriles is 1. The number of hydrogen-bond acceptors (Lipinski definition) is 1. The van der Waals surface area contributed by atoms with Crippen LogP contribution in [0.1, 0.15) is 55.6 Å². The van der Waals surface area contributed by atoms with Crippen molar-refractivity contribution < 1.29 is 13.2 Å². The molecule has 10 aromatic carbocycles. The molecule has 12 rings (SSSR count). The summed E-state index contributed by atoms with van der Waals surface area (Å²) in [5.74, 6) is 0. The van der Waals surface area contributed by atoms with Crippen molar-refractivity contribution in [2.75, 3.05) is 0 Å². The van der Waals surface area contributed by atoms with E-state index < -0.39 is 11.7 Å². The van der Waals surface area contributed by atoms with Crippen molar-refractivity contribution in [2.45, 2.75) is 61.6 Å². The summed E-state index contributed by atoms with van der Waals surface area (Å²) in [6.07, 6.45) is -4.78. The van der Waals surface area contributed by atoms with E-state index in [0.29, 0.717) is 11.4 Å². The second-order valence-corrected chi connectivity index (χ2v) is 21.1. The molecule has 12 aromatic rings. The van der Waals surface area contributed by atoms with Crippen LogP contribution >= 0.6 is 0 Å². The molecule has 6 heteroatoms. The standard InChI is InChI=1S/C70H54F3N3/c1-40-22-41(2)27-53(26-40)49-13-18-63-57(35-49)58-36-50(54-28-42(3)23-43(4)29-54)14-19-64(58)75(63)67-17-12-48(39-74)34-61(67)69-62(70(71,72)73)10-9-11-68(69)76-65-20-15-51(55-30-44(5)24-45(6)31-55)37-59(65)60-38-52(16-21-66(60)76)56-32-46(7)25-47(8)33-56/h9-38H,1-8H3. The minimum atomic E-state index is -4.78. The maximum Gasteiger partial charge on any atom is 0.417 e. The Labute approximate surface area is 441 Å². The molecule has 0 N–H and O–H groups in total. The molecule has 0 bridgehead atoms. The van der Waals surface area contributed by atoms with Crippen LogP contribution in [-0.2, 0) is 6.18 Å². The fraction of sp³-hybridized carbons (Fsp3) is 0.129. The van der Waals surface area contributed by atoms with E-state index in [4.69, 9.17) is 0 Å². The number of alkyl halides is 3. The molecule has 0 spiro atoms. The van der Waals surface area contributed by atoms with E-state index in [1.807, 2.05) is 22.8 Å². The predicted molar refractivity (Wildman–Crippen MR) is 310 cm³/mol. The highest BCUT2D eigenvalue weighted by atomic mass is 19.4. The summed E-state index contributed by atoms with van der Waals surface area (Å²) in [5, 5.41) is 14.4. The van der Waals surface area contributed by atoms with E-state index in [1.54, 1.807) is 18.2 Å². The molecule has 0 aliphatic rings. The van der Waals surface area contributed by atoms with Gasteiger partial charge in [0.25, 0.3) is 0 Å². The molecule has 0 atom stereocenters. The summed E-state index contributed by atoms with van der Waals surface area (Å²) in [6, 6.07) is 63.4. The summed E-state index contributed by atoms with van der Waals surface area (Å²) in [7, 11) is 0. The highest BCUT2D eigenvalue weighted by Crippen LogP contribution is 2.48. The van der Waals surface area contributed by atoms with Crippen molar-refractivity contribution >= 4 is 43.6 Å². The molecule has 0 radical (unpaired) electrons. The lowest BCUT2D eigenvalue weighted by Crippen LogP contribution is -2.11. The lowest BCUT2D eigenvalue weighted by atomic mass is 9.93. The summed E-state index contributed by atoms with van der Waals surface area (Å²) < 4.78 is 52.7. The first-order valence-electron chi connectivity index (χ1n) is 25.7. The van der Waals surface area contributed by atoms with Gasteiger partial charge in [-0.3, -0.25) is 0 Å². The molecule has 2 aromatic heterocycles. The van der Waals surface area contributed by atoms with Gasteiger partial charge in [-0.05, 0) is 179 Å². The molecule has 0 aliphatic carbocycles. The van der Waals surface area contributed by atoms with Crippen LogP contribution in [-0.4, -0.2) is 9.13 Å². The minimum absolute atomic E-state index is 0.0219. The molecule has 0 amide bonds. The fourth-order valence-corrected chi connectivity index (χ4v) is 12.1. The van der Waals surface area contributed by atoms with Crippen molar-refractivity contribution in [2.24, 2.45) is 0 Å². The maximum atomic E-state index is 16.2. The SMILES string of the molecule is Cc1cc(C)cc(-c2ccc3c(c2)c2cc(-c4cc(C)cc(C)c4)ccc2n3-c2ccc(C#N)cc2-c2c(-n3c4ccc(-c5cc(C)cc(C)c5)cc4c4cc(-c5cc(C)cc(C)c5)ccc43)cccc2C(F)(F)F)c1. The number of rotatable bonds is 7. The Morgan fingerprint density at radius 1 is 0.342 bits per heavy atom. The van der Waals surface area contributed by atoms with Gasteiger partial charge in [-0.25, -0.2) is 0 Å². The molecule has 0 fully saturated rings. The average Bonchev–Trinajstić information content (AvgIpc) is 4.02.